The van der Waals surface area contributed by atoms with Crippen molar-refractivity contribution in [2.45, 2.75) is 18.1 Å². The fourth-order valence-electron chi connectivity index (χ4n) is 1.79. The highest BCUT2D eigenvalue weighted by Crippen LogP contribution is 2.27. The molecule has 20 heavy (non-hydrogen) atoms. The number of nitrogens with zero attached hydrogens (tertiary/aromatic N) is 2. The average Bonchev–Trinajstić information content (AvgIpc) is 2.77. The Labute approximate surface area is 121 Å². The molecule has 108 valence electrons. The lowest BCUT2D eigenvalue weighted by Gasteiger charge is -2.15. The number of nitrogens with one attached hydrogen (secondary N) is 1. The van der Waals surface area contributed by atoms with Crippen LogP contribution in [0.2, 0.25) is 0 Å². The van der Waals surface area contributed by atoms with Crippen LogP contribution in [0.25, 0.3) is 0 Å². The predicted octanol–water partition coefficient (Wildman–Crippen LogP) is 1.30. The van der Waals surface area contributed by atoms with Crippen LogP contribution in [-0.2, 0) is 7.05 Å². The third kappa shape index (κ3) is 3.23. The second-order valence-electron chi connectivity index (χ2n) is 4.26. The van der Waals surface area contributed by atoms with Crippen molar-refractivity contribution in [1.29, 1.82) is 0 Å². The number of benzene rings is 1. The van der Waals surface area contributed by atoms with E-state index in [1.807, 2.05) is 31.2 Å². The lowest BCUT2D eigenvalue weighted by atomic mass is 10.1. The number of hydrogen-bond donors (Lipinski definition) is 2. The topological polar surface area (TPSA) is 85.9 Å². The Morgan fingerprint density at radius 1 is 1.50 bits per heavy atom. The molecule has 0 aliphatic heterocycles. The minimum atomic E-state index is -0.226. The van der Waals surface area contributed by atoms with E-state index in [2.05, 4.69) is 10.2 Å². The zero-order valence-corrected chi connectivity index (χ0v) is 12.3. The van der Waals surface area contributed by atoms with Gasteiger partial charge in [0.2, 0.25) is 0 Å². The van der Waals surface area contributed by atoms with Gasteiger partial charge in [-0.1, -0.05) is 30.0 Å². The van der Waals surface area contributed by atoms with E-state index in [0.29, 0.717) is 17.5 Å². The van der Waals surface area contributed by atoms with Gasteiger partial charge in [-0.05, 0) is 13.0 Å². The third-order valence-corrected chi connectivity index (χ3v) is 4.00. The van der Waals surface area contributed by atoms with Crippen molar-refractivity contribution in [1.82, 2.24) is 14.8 Å². The summed E-state index contributed by atoms with van der Waals surface area (Å²) in [5.41, 5.74) is 6.94. The number of ether oxygens (including phenoxy) is 1. The highest BCUT2D eigenvalue weighted by atomic mass is 32.2. The smallest absolute Gasteiger partial charge is 0.343 e. The SMILES string of the molecule is CCOc1ccccc1C(N)CSc1n[nH]c(=O)n1C. The van der Waals surface area contributed by atoms with Gasteiger partial charge >= 0.3 is 5.69 Å². The van der Waals surface area contributed by atoms with Crippen LogP contribution in [0.5, 0.6) is 5.75 Å². The maximum absolute atomic E-state index is 11.3. The molecule has 1 heterocycles. The van der Waals surface area contributed by atoms with E-state index < -0.39 is 0 Å². The molecule has 0 saturated carbocycles. The van der Waals surface area contributed by atoms with E-state index in [9.17, 15) is 4.79 Å². The highest BCUT2D eigenvalue weighted by Gasteiger charge is 2.14. The number of aromatic amines is 1. The average molecular weight is 294 g/mol. The molecule has 2 aromatic rings. The molecule has 3 N–H and O–H groups in total. The lowest BCUT2D eigenvalue weighted by Crippen LogP contribution is -2.16. The minimum Gasteiger partial charge on any atom is -0.494 e. The van der Waals surface area contributed by atoms with Crippen molar-refractivity contribution in [2.24, 2.45) is 12.8 Å². The fraction of sp³-hybridized carbons (Fsp3) is 0.385. The van der Waals surface area contributed by atoms with Gasteiger partial charge in [-0.2, -0.15) is 0 Å². The van der Waals surface area contributed by atoms with Crippen molar-refractivity contribution in [2.75, 3.05) is 12.4 Å². The summed E-state index contributed by atoms with van der Waals surface area (Å²) in [5.74, 6) is 1.42. The van der Waals surface area contributed by atoms with Gasteiger partial charge in [-0.25, -0.2) is 9.89 Å². The molecule has 0 radical (unpaired) electrons. The number of thioether (sulfide) groups is 1. The predicted molar refractivity (Wildman–Crippen MR) is 79.1 cm³/mol. The van der Waals surface area contributed by atoms with E-state index in [4.69, 9.17) is 10.5 Å². The zero-order valence-electron chi connectivity index (χ0n) is 11.5. The number of H-pyrrole nitrogens is 1. The summed E-state index contributed by atoms with van der Waals surface area (Å²) < 4.78 is 7.04. The largest absolute Gasteiger partial charge is 0.494 e. The first kappa shape index (κ1) is 14.7. The molecule has 0 aliphatic rings. The summed E-state index contributed by atoms with van der Waals surface area (Å²) >= 11 is 1.44. The number of para-hydroxylation sites is 1. The van der Waals surface area contributed by atoms with Crippen LogP contribution in [0.1, 0.15) is 18.5 Å². The quantitative estimate of drug-likeness (QED) is 0.784. The van der Waals surface area contributed by atoms with Crippen molar-refractivity contribution >= 4 is 11.8 Å². The minimum absolute atomic E-state index is 0.186. The molecule has 0 spiro atoms. The Bertz CT molecular complexity index is 623. The van der Waals surface area contributed by atoms with Crippen LogP contribution in [0.15, 0.2) is 34.2 Å². The first-order valence-electron chi connectivity index (χ1n) is 6.35. The van der Waals surface area contributed by atoms with Gasteiger partial charge in [-0.3, -0.25) is 4.57 Å². The summed E-state index contributed by atoms with van der Waals surface area (Å²) in [6.45, 7) is 2.54. The first-order valence-corrected chi connectivity index (χ1v) is 7.33. The molecule has 0 aliphatic carbocycles. The van der Waals surface area contributed by atoms with Crippen molar-refractivity contribution in [3.05, 3.63) is 40.3 Å². The molecular formula is C13H18N4O2S. The molecule has 7 heteroatoms. The van der Waals surface area contributed by atoms with Crippen molar-refractivity contribution < 1.29 is 4.74 Å². The van der Waals surface area contributed by atoms with Crippen molar-refractivity contribution in [3.8, 4) is 5.75 Å². The second-order valence-corrected chi connectivity index (χ2v) is 5.25. The Hall–Kier alpha value is -1.73. The monoisotopic (exact) mass is 294 g/mol. The van der Waals surface area contributed by atoms with Gasteiger partial charge in [-0.15, -0.1) is 5.10 Å². The molecule has 2 rings (SSSR count). The molecule has 6 nitrogen and oxygen atoms in total. The maximum Gasteiger partial charge on any atom is 0.343 e. The second kappa shape index (κ2) is 6.62. The Kier molecular flexibility index (Phi) is 4.86. The summed E-state index contributed by atoms with van der Waals surface area (Å²) in [4.78, 5) is 11.3. The van der Waals surface area contributed by atoms with Gasteiger partial charge in [0, 0.05) is 24.4 Å². The van der Waals surface area contributed by atoms with Crippen LogP contribution >= 0.6 is 11.8 Å². The van der Waals surface area contributed by atoms with E-state index >= 15 is 0 Å². The van der Waals surface area contributed by atoms with E-state index in [0.717, 1.165) is 11.3 Å². The molecule has 1 unspecified atom stereocenters. The summed E-state index contributed by atoms with van der Waals surface area (Å²) in [7, 11) is 1.67. The summed E-state index contributed by atoms with van der Waals surface area (Å²) in [5, 5.41) is 6.97. The van der Waals surface area contributed by atoms with E-state index in [1.54, 1.807) is 7.05 Å². The van der Waals surface area contributed by atoms with Gasteiger partial charge in [0.1, 0.15) is 5.75 Å². The molecule has 1 atom stereocenters. The zero-order chi connectivity index (χ0) is 14.5. The van der Waals surface area contributed by atoms with Crippen LogP contribution in [0.3, 0.4) is 0 Å². The van der Waals surface area contributed by atoms with Crippen LogP contribution in [0, 0.1) is 0 Å². The summed E-state index contributed by atoms with van der Waals surface area (Å²) in [6.07, 6.45) is 0. The number of hydrogen-bond acceptors (Lipinski definition) is 5. The first-order chi connectivity index (χ1) is 9.63. The molecule has 0 amide bonds. The van der Waals surface area contributed by atoms with Crippen LogP contribution in [-0.4, -0.2) is 27.1 Å². The molecule has 0 fully saturated rings. The van der Waals surface area contributed by atoms with E-state index in [1.165, 1.54) is 16.3 Å². The molecule has 0 saturated heterocycles. The standard InChI is InChI=1S/C13H18N4O2S/c1-3-19-11-7-5-4-6-9(11)10(14)8-20-13-16-15-12(18)17(13)2/h4-7,10H,3,8,14H2,1-2H3,(H,15,18). The molecular weight excluding hydrogens is 276 g/mol. The maximum atomic E-state index is 11.3. The fourth-order valence-corrected chi connectivity index (χ4v) is 2.68. The van der Waals surface area contributed by atoms with Gasteiger partial charge < -0.3 is 10.5 Å². The van der Waals surface area contributed by atoms with Gasteiger partial charge in [0.05, 0.1) is 6.61 Å². The highest BCUT2D eigenvalue weighted by molar-refractivity contribution is 7.99. The number of rotatable bonds is 6. The van der Waals surface area contributed by atoms with Crippen LogP contribution < -0.4 is 16.2 Å². The Morgan fingerprint density at radius 2 is 2.25 bits per heavy atom. The lowest BCUT2D eigenvalue weighted by molar-refractivity contribution is 0.335. The Balaban J connectivity index is 2.07. The van der Waals surface area contributed by atoms with Crippen molar-refractivity contribution in [3.63, 3.8) is 0 Å². The Morgan fingerprint density at radius 3 is 2.90 bits per heavy atom. The van der Waals surface area contributed by atoms with Crippen LogP contribution in [0.4, 0.5) is 0 Å². The molecule has 0 bridgehead atoms. The molecule has 1 aromatic heterocycles. The summed E-state index contributed by atoms with van der Waals surface area (Å²) in [6, 6.07) is 7.54. The molecule has 1 aromatic carbocycles. The number of aromatic nitrogens is 3. The van der Waals surface area contributed by atoms with E-state index in [-0.39, 0.29) is 11.7 Å². The normalized spacial score (nSPS) is 12.3. The van der Waals surface area contributed by atoms with Gasteiger partial charge in [0.15, 0.2) is 5.16 Å². The third-order valence-electron chi connectivity index (χ3n) is 2.85. The number of nitrogens with two attached hydrogens (primary N) is 1. The van der Waals surface area contributed by atoms with Gasteiger partial charge in [0.25, 0.3) is 0 Å².